The topological polar surface area (TPSA) is 9.23 Å². The molecule has 0 aromatic heterocycles. The Morgan fingerprint density at radius 2 is 1.87 bits per heavy atom. The average Bonchev–Trinajstić information content (AvgIpc) is 2.39. The molecule has 1 heterocycles. The van der Waals surface area contributed by atoms with E-state index in [9.17, 15) is 0 Å². The van der Waals surface area contributed by atoms with Crippen LogP contribution in [-0.2, 0) is 4.74 Å². The van der Waals surface area contributed by atoms with Crippen molar-refractivity contribution in [2.24, 2.45) is 23.2 Å². The molecular formula is C14H28O. The lowest BCUT2D eigenvalue weighted by Crippen LogP contribution is -2.41. The summed E-state index contributed by atoms with van der Waals surface area (Å²) in [7, 11) is 0. The SMILES string of the molecule is CCC(C)[C@H]1COC(C)(C)[C@H]1C(C)(C)C. The van der Waals surface area contributed by atoms with Gasteiger partial charge in [-0.3, -0.25) is 0 Å². The first-order valence-corrected chi connectivity index (χ1v) is 6.34. The van der Waals surface area contributed by atoms with Gasteiger partial charge in [-0.05, 0) is 37.0 Å². The first-order valence-electron chi connectivity index (χ1n) is 6.34. The highest BCUT2D eigenvalue weighted by molar-refractivity contribution is 4.97. The van der Waals surface area contributed by atoms with Crippen LogP contribution in [0.1, 0.15) is 54.9 Å². The van der Waals surface area contributed by atoms with Crippen molar-refractivity contribution in [3.05, 3.63) is 0 Å². The Balaban J connectivity index is 2.92. The Morgan fingerprint density at radius 1 is 1.33 bits per heavy atom. The predicted octanol–water partition coefficient (Wildman–Crippen LogP) is 4.12. The monoisotopic (exact) mass is 212 g/mol. The van der Waals surface area contributed by atoms with Crippen LogP contribution in [0.15, 0.2) is 0 Å². The zero-order valence-electron chi connectivity index (χ0n) is 11.6. The lowest BCUT2D eigenvalue weighted by molar-refractivity contribution is -0.0203. The van der Waals surface area contributed by atoms with Gasteiger partial charge in [0, 0.05) is 0 Å². The third-order valence-electron chi connectivity index (χ3n) is 4.13. The van der Waals surface area contributed by atoms with E-state index in [-0.39, 0.29) is 5.60 Å². The maximum absolute atomic E-state index is 6.02. The maximum Gasteiger partial charge on any atom is 0.0663 e. The van der Waals surface area contributed by atoms with Crippen molar-refractivity contribution >= 4 is 0 Å². The quantitative estimate of drug-likeness (QED) is 0.669. The molecule has 1 nitrogen and oxygen atoms in total. The van der Waals surface area contributed by atoms with Crippen LogP contribution >= 0.6 is 0 Å². The van der Waals surface area contributed by atoms with Crippen LogP contribution in [-0.4, -0.2) is 12.2 Å². The lowest BCUT2D eigenvalue weighted by atomic mass is 9.64. The molecule has 1 aliphatic heterocycles. The number of hydrogen-bond acceptors (Lipinski definition) is 1. The van der Waals surface area contributed by atoms with Gasteiger partial charge in [0.2, 0.25) is 0 Å². The highest BCUT2D eigenvalue weighted by Gasteiger charge is 2.50. The zero-order valence-corrected chi connectivity index (χ0v) is 11.6. The molecule has 15 heavy (non-hydrogen) atoms. The Bertz CT molecular complexity index is 212. The largest absolute Gasteiger partial charge is 0.375 e. The van der Waals surface area contributed by atoms with Gasteiger partial charge in [-0.25, -0.2) is 0 Å². The smallest absolute Gasteiger partial charge is 0.0663 e. The van der Waals surface area contributed by atoms with Gasteiger partial charge in [-0.2, -0.15) is 0 Å². The summed E-state index contributed by atoms with van der Waals surface area (Å²) in [5.74, 6) is 2.17. The summed E-state index contributed by atoms with van der Waals surface area (Å²) in [4.78, 5) is 0. The molecule has 0 spiro atoms. The molecule has 1 heteroatoms. The lowest BCUT2D eigenvalue weighted by Gasteiger charge is -2.40. The zero-order chi connectivity index (χ0) is 11.9. The molecular weight excluding hydrogens is 184 g/mol. The normalized spacial score (nSPS) is 33.0. The summed E-state index contributed by atoms with van der Waals surface area (Å²) < 4.78 is 6.02. The van der Waals surface area contributed by atoms with Crippen molar-refractivity contribution in [3.63, 3.8) is 0 Å². The van der Waals surface area contributed by atoms with Gasteiger partial charge in [0.05, 0.1) is 12.2 Å². The van der Waals surface area contributed by atoms with Gasteiger partial charge in [-0.15, -0.1) is 0 Å². The molecule has 0 saturated carbocycles. The third kappa shape index (κ3) is 2.55. The van der Waals surface area contributed by atoms with Crippen molar-refractivity contribution in [2.45, 2.75) is 60.5 Å². The van der Waals surface area contributed by atoms with E-state index in [2.05, 4.69) is 48.5 Å². The van der Waals surface area contributed by atoms with E-state index in [0.29, 0.717) is 11.3 Å². The molecule has 1 unspecified atom stereocenters. The molecule has 0 N–H and O–H groups in total. The summed E-state index contributed by atoms with van der Waals surface area (Å²) in [6.45, 7) is 17.2. The van der Waals surface area contributed by atoms with Crippen LogP contribution < -0.4 is 0 Å². The fraction of sp³-hybridized carbons (Fsp3) is 1.00. The summed E-state index contributed by atoms with van der Waals surface area (Å²) >= 11 is 0. The predicted molar refractivity (Wildman–Crippen MR) is 65.9 cm³/mol. The van der Waals surface area contributed by atoms with Crippen molar-refractivity contribution in [2.75, 3.05) is 6.61 Å². The Labute approximate surface area is 95.6 Å². The Morgan fingerprint density at radius 3 is 2.27 bits per heavy atom. The fourth-order valence-electron chi connectivity index (χ4n) is 3.49. The molecule has 0 amide bonds. The Kier molecular flexibility index (Phi) is 3.55. The molecule has 90 valence electrons. The minimum absolute atomic E-state index is 0.0480. The molecule has 0 radical (unpaired) electrons. The van der Waals surface area contributed by atoms with Crippen LogP contribution in [0.25, 0.3) is 0 Å². The second-order valence-corrected chi connectivity index (χ2v) is 6.81. The molecule has 3 atom stereocenters. The van der Waals surface area contributed by atoms with Crippen LogP contribution in [0.2, 0.25) is 0 Å². The summed E-state index contributed by atoms with van der Waals surface area (Å²) in [6.07, 6.45) is 1.26. The molecule has 1 aliphatic rings. The van der Waals surface area contributed by atoms with Crippen molar-refractivity contribution < 1.29 is 4.74 Å². The van der Waals surface area contributed by atoms with E-state index >= 15 is 0 Å². The fourth-order valence-corrected chi connectivity index (χ4v) is 3.49. The van der Waals surface area contributed by atoms with Gasteiger partial charge in [0.15, 0.2) is 0 Å². The second-order valence-electron chi connectivity index (χ2n) is 6.81. The van der Waals surface area contributed by atoms with Gasteiger partial charge < -0.3 is 4.74 Å². The van der Waals surface area contributed by atoms with Gasteiger partial charge in [-0.1, -0.05) is 41.0 Å². The summed E-state index contributed by atoms with van der Waals surface area (Å²) in [5.41, 5.74) is 0.389. The molecule has 1 rings (SSSR count). The average molecular weight is 212 g/mol. The first-order chi connectivity index (χ1) is 6.70. The highest BCUT2D eigenvalue weighted by atomic mass is 16.5. The highest BCUT2D eigenvalue weighted by Crippen LogP contribution is 2.49. The third-order valence-corrected chi connectivity index (χ3v) is 4.13. The maximum atomic E-state index is 6.02. The van der Waals surface area contributed by atoms with Crippen molar-refractivity contribution in [1.82, 2.24) is 0 Å². The Hall–Kier alpha value is -0.0400. The molecule has 1 fully saturated rings. The van der Waals surface area contributed by atoms with Crippen LogP contribution in [0.5, 0.6) is 0 Å². The van der Waals surface area contributed by atoms with E-state index < -0.39 is 0 Å². The minimum atomic E-state index is 0.0480. The first kappa shape index (κ1) is 13.0. The van der Waals surface area contributed by atoms with Crippen LogP contribution in [0, 0.1) is 23.2 Å². The summed E-state index contributed by atoms with van der Waals surface area (Å²) in [5, 5.41) is 0. The van der Waals surface area contributed by atoms with E-state index in [1.54, 1.807) is 0 Å². The number of ether oxygens (including phenoxy) is 1. The summed E-state index contributed by atoms with van der Waals surface area (Å²) in [6, 6.07) is 0. The molecule has 0 aromatic carbocycles. The van der Waals surface area contributed by atoms with Crippen LogP contribution in [0.4, 0.5) is 0 Å². The van der Waals surface area contributed by atoms with Crippen molar-refractivity contribution in [3.8, 4) is 0 Å². The van der Waals surface area contributed by atoms with E-state index in [1.165, 1.54) is 6.42 Å². The van der Waals surface area contributed by atoms with E-state index in [1.807, 2.05) is 0 Å². The van der Waals surface area contributed by atoms with Gasteiger partial charge in [0.25, 0.3) is 0 Å². The number of rotatable bonds is 2. The van der Waals surface area contributed by atoms with Crippen LogP contribution in [0.3, 0.4) is 0 Å². The standard InChI is InChI=1S/C14H28O/c1-8-10(2)11-9-15-14(6,7)12(11)13(3,4)5/h10-12H,8-9H2,1-7H3/t10?,11-,12-/m1/s1. The second kappa shape index (κ2) is 4.08. The van der Waals surface area contributed by atoms with Crippen molar-refractivity contribution in [1.29, 1.82) is 0 Å². The molecule has 1 saturated heterocycles. The molecule has 0 aliphatic carbocycles. The molecule has 0 bridgehead atoms. The van der Waals surface area contributed by atoms with Gasteiger partial charge in [0.1, 0.15) is 0 Å². The van der Waals surface area contributed by atoms with Gasteiger partial charge >= 0.3 is 0 Å². The molecule has 0 aromatic rings. The van der Waals surface area contributed by atoms with E-state index in [4.69, 9.17) is 4.74 Å². The number of hydrogen-bond donors (Lipinski definition) is 0. The van der Waals surface area contributed by atoms with E-state index in [0.717, 1.165) is 18.4 Å². The minimum Gasteiger partial charge on any atom is -0.375 e.